The van der Waals surface area contributed by atoms with Crippen LogP contribution in [0.15, 0.2) is 61.6 Å². The molecule has 43 heavy (non-hydrogen) atoms. The first-order valence-corrected chi connectivity index (χ1v) is 14.5. The molecular weight excluding hydrogens is 548 g/mol. The van der Waals surface area contributed by atoms with E-state index in [1.165, 1.54) is 0 Å². The summed E-state index contributed by atoms with van der Waals surface area (Å²) in [5.74, 6) is -2.12. The number of H-pyrrole nitrogens is 1. The van der Waals surface area contributed by atoms with Crippen molar-refractivity contribution in [1.82, 2.24) is 15.6 Å². The van der Waals surface area contributed by atoms with Gasteiger partial charge in [0, 0.05) is 46.8 Å². The van der Waals surface area contributed by atoms with Crippen molar-refractivity contribution >= 4 is 41.6 Å². The minimum atomic E-state index is -0.929. The number of carboxylic acids is 2. The number of carbonyl (C=O) groups is 4. The average Bonchev–Trinajstić information content (AvgIpc) is 3.59. The van der Waals surface area contributed by atoms with E-state index in [4.69, 9.17) is 4.99 Å². The van der Waals surface area contributed by atoms with Crippen LogP contribution in [0.3, 0.4) is 0 Å². The van der Waals surface area contributed by atoms with Crippen LogP contribution in [-0.2, 0) is 25.6 Å². The quantitative estimate of drug-likeness (QED) is 0.238. The standard InChI is InChI=1S/C33H38N4O6/c1-7-20-19(6)32(42)37-27(20)14-25-18(5)23(10-12-31(40)41)29(35-25)15-28-22(9-11-30(38)39)17(4)24(34-28)13-26-16(3)21(8-2)33(43)36-26/h13-15,35H,7-12H2,1-6H3,(H,36,43)(H,37,42)(H,38,39)(H,40,41). The fraction of sp³-hybridized carbons (Fsp3) is 0.364. The van der Waals surface area contributed by atoms with Gasteiger partial charge in [0.1, 0.15) is 0 Å². The predicted molar refractivity (Wildman–Crippen MR) is 165 cm³/mol. The zero-order valence-corrected chi connectivity index (χ0v) is 25.4. The number of aliphatic carboxylic acids is 2. The lowest BCUT2D eigenvalue weighted by atomic mass is 9.98. The largest absolute Gasteiger partial charge is 0.481 e. The van der Waals surface area contributed by atoms with E-state index in [2.05, 4.69) is 15.6 Å². The molecule has 10 heteroatoms. The molecule has 3 aliphatic heterocycles. The number of aliphatic imine (C=N–C) groups is 1. The van der Waals surface area contributed by atoms with Gasteiger partial charge in [0.05, 0.1) is 11.4 Å². The Morgan fingerprint density at radius 3 is 1.95 bits per heavy atom. The van der Waals surface area contributed by atoms with Crippen molar-refractivity contribution < 1.29 is 29.4 Å². The van der Waals surface area contributed by atoms with Gasteiger partial charge >= 0.3 is 11.9 Å². The monoisotopic (exact) mass is 586 g/mol. The van der Waals surface area contributed by atoms with Gasteiger partial charge in [-0.3, -0.25) is 19.2 Å². The van der Waals surface area contributed by atoms with E-state index in [1.807, 2.05) is 52.8 Å². The molecule has 0 radical (unpaired) electrons. The number of hydrogen-bond donors (Lipinski definition) is 5. The van der Waals surface area contributed by atoms with Crippen LogP contribution in [0.5, 0.6) is 0 Å². The summed E-state index contributed by atoms with van der Waals surface area (Å²) in [6.07, 6.45) is 7.17. The first-order valence-electron chi connectivity index (χ1n) is 14.5. The van der Waals surface area contributed by atoms with Crippen LogP contribution in [-0.4, -0.2) is 44.7 Å². The molecule has 0 fully saturated rings. The molecule has 2 amide bonds. The van der Waals surface area contributed by atoms with Crippen molar-refractivity contribution in [2.75, 3.05) is 0 Å². The summed E-state index contributed by atoms with van der Waals surface area (Å²) in [5, 5.41) is 24.7. The number of hydrogen-bond acceptors (Lipinski definition) is 5. The van der Waals surface area contributed by atoms with Crippen molar-refractivity contribution in [1.29, 1.82) is 0 Å². The molecule has 0 aliphatic carbocycles. The normalized spacial score (nSPS) is 19.9. The Labute approximate surface area is 250 Å². The summed E-state index contributed by atoms with van der Waals surface area (Å²) >= 11 is 0. The van der Waals surface area contributed by atoms with E-state index in [9.17, 15) is 29.4 Å². The van der Waals surface area contributed by atoms with E-state index in [1.54, 1.807) is 6.92 Å². The van der Waals surface area contributed by atoms with Gasteiger partial charge < -0.3 is 25.8 Å². The zero-order valence-electron chi connectivity index (χ0n) is 25.4. The van der Waals surface area contributed by atoms with Gasteiger partial charge in [-0.15, -0.1) is 0 Å². The van der Waals surface area contributed by atoms with Crippen LogP contribution in [0.1, 0.15) is 89.2 Å². The van der Waals surface area contributed by atoms with Gasteiger partial charge in [-0.25, -0.2) is 4.99 Å². The van der Waals surface area contributed by atoms with E-state index < -0.39 is 11.9 Å². The number of amides is 2. The molecule has 1 aromatic rings. The summed E-state index contributed by atoms with van der Waals surface area (Å²) in [7, 11) is 0. The number of carboxylic acid groups (broad SMARTS) is 2. The fourth-order valence-electron chi connectivity index (χ4n) is 5.76. The van der Waals surface area contributed by atoms with E-state index in [0.717, 1.165) is 44.7 Å². The van der Waals surface area contributed by atoms with Crippen LogP contribution in [0.2, 0.25) is 0 Å². The van der Waals surface area contributed by atoms with Gasteiger partial charge in [-0.1, -0.05) is 13.8 Å². The Hall–Kier alpha value is -4.73. The molecule has 1 aromatic heterocycles. The molecule has 0 unspecified atom stereocenters. The Balaban J connectivity index is 1.84. The molecule has 3 aliphatic rings. The van der Waals surface area contributed by atoms with Crippen molar-refractivity contribution in [2.45, 2.75) is 80.1 Å². The second-order valence-electron chi connectivity index (χ2n) is 10.9. The second-order valence-corrected chi connectivity index (χ2v) is 10.9. The average molecular weight is 587 g/mol. The van der Waals surface area contributed by atoms with Gasteiger partial charge in [-0.2, -0.15) is 0 Å². The lowest BCUT2D eigenvalue weighted by Crippen LogP contribution is -2.17. The van der Waals surface area contributed by atoms with Gasteiger partial charge in [0.2, 0.25) is 0 Å². The Morgan fingerprint density at radius 1 is 0.721 bits per heavy atom. The molecule has 0 spiro atoms. The molecule has 5 N–H and O–H groups in total. The molecule has 4 rings (SSSR count). The lowest BCUT2D eigenvalue weighted by molar-refractivity contribution is -0.138. The van der Waals surface area contributed by atoms with Crippen LogP contribution >= 0.6 is 0 Å². The SMILES string of the molecule is CCC1=C(C)C(=CC2=NC(=Cc3[nH]c(C=C4NC(=O)C(C)=C4CC)c(C)c3CCC(=O)O)C(CCC(=O)O)=C2C)NC1=O. The highest BCUT2D eigenvalue weighted by Crippen LogP contribution is 2.35. The first-order chi connectivity index (χ1) is 20.4. The van der Waals surface area contributed by atoms with Crippen molar-refractivity contribution in [3.63, 3.8) is 0 Å². The minimum Gasteiger partial charge on any atom is -0.481 e. The number of rotatable bonds is 11. The first kappa shape index (κ1) is 31.2. The van der Waals surface area contributed by atoms with E-state index in [-0.39, 0.29) is 37.5 Å². The summed E-state index contributed by atoms with van der Waals surface area (Å²) in [4.78, 5) is 56.0. The van der Waals surface area contributed by atoms with Crippen LogP contribution in [0.25, 0.3) is 12.2 Å². The number of carbonyl (C=O) groups excluding carboxylic acids is 2. The number of nitrogens with zero attached hydrogens (tertiary/aromatic N) is 1. The molecular formula is C33H38N4O6. The van der Waals surface area contributed by atoms with Crippen molar-refractivity contribution in [3.8, 4) is 0 Å². The molecule has 0 saturated heterocycles. The predicted octanol–water partition coefficient (Wildman–Crippen LogP) is 5.25. The molecule has 0 atom stereocenters. The van der Waals surface area contributed by atoms with Crippen molar-refractivity contribution in [2.24, 2.45) is 4.99 Å². The molecule has 10 nitrogen and oxygen atoms in total. The maximum atomic E-state index is 12.4. The Bertz CT molecular complexity index is 1660. The molecule has 0 aromatic carbocycles. The summed E-state index contributed by atoms with van der Waals surface area (Å²) in [5.41, 5.74) is 10.4. The van der Waals surface area contributed by atoms with Crippen molar-refractivity contribution in [3.05, 3.63) is 79.1 Å². The van der Waals surface area contributed by atoms with Gasteiger partial charge in [0.15, 0.2) is 0 Å². The smallest absolute Gasteiger partial charge is 0.303 e. The number of aromatic nitrogens is 1. The van der Waals surface area contributed by atoms with Gasteiger partial charge in [0.25, 0.3) is 11.8 Å². The van der Waals surface area contributed by atoms with E-state index >= 15 is 0 Å². The molecule has 0 bridgehead atoms. The highest BCUT2D eigenvalue weighted by molar-refractivity contribution is 6.14. The summed E-state index contributed by atoms with van der Waals surface area (Å²) in [6.45, 7) is 11.4. The molecule has 226 valence electrons. The van der Waals surface area contributed by atoms with Crippen LogP contribution in [0, 0.1) is 6.92 Å². The maximum Gasteiger partial charge on any atom is 0.303 e. The summed E-state index contributed by atoms with van der Waals surface area (Å²) in [6, 6.07) is 0. The fourth-order valence-corrected chi connectivity index (χ4v) is 5.76. The Kier molecular flexibility index (Phi) is 9.18. The maximum absolute atomic E-state index is 12.4. The minimum absolute atomic E-state index is 0.0761. The van der Waals surface area contributed by atoms with Gasteiger partial charge in [-0.05, 0) is 105 Å². The molecule has 4 heterocycles. The Morgan fingerprint density at radius 2 is 1.35 bits per heavy atom. The number of nitrogens with one attached hydrogen (secondary N) is 3. The highest BCUT2D eigenvalue weighted by atomic mass is 16.4. The number of aromatic amines is 1. The zero-order chi connectivity index (χ0) is 31.6. The molecule has 0 saturated carbocycles. The second kappa shape index (κ2) is 12.6. The van der Waals surface area contributed by atoms with Crippen LogP contribution in [0.4, 0.5) is 0 Å². The number of allylic oxidation sites excluding steroid dienone is 5. The van der Waals surface area contributed by atoms with E-state index in [0.29, 0.717) is 46.9 Å². The topological polar surface area (TPSA) is 161 Å². The summed E-state index contributed by atoms with van der Waals surface area (Å²) < 4.78 is 0. The lowest BCUT2D eigenvalue weighted by Gasteiger charge is -2.06. The van der Waals surface area contributed by atoms with Crippen LogP contribution < -0.4 is 10.6 Å². The third-order valence-electron chi connectivity index (χ3n) is 8.32. The third-order valence-corrected chi connectivity index (χ3v) is 8.32. The third kappa shape index (κ3) is 6.38. The highest BCUT2D eigenvalue weighted by Gasteiger charge is 2.27.